The number of methoxy groups -OCH3 is 2. The Balaban J connectivity index is 2.30. The Morgan fingerprint density at radius 2 is 2.11 bits per heavy atom. The van der Waals surface area contributed by atoms with Gasteiger partial charge in [-0.25, -0.2) is 0 Å². The molecule has 4 nitrogen and oxygen atoms in total. The molecule has 2 rings (SSSR count). The minimum absolute atomic E-state index is 0.313. The fraction of sp³-hybridized carbons (Fsp3) is 0.267. The highest BCUT2D eigenvalue weighted by atomic mass is 16.5. The molecule has 1 unspecified atom stereocenters. The van der Waals surface area contributed by atoms with Gasteiger partial charge in [-0.3, -0.25) is 0 Å². The molecule has 1 atom stereocenters. The first-order chi connectivity index (χ1) is 9.28. The van der Waals surface area contributed by atoms with Crippen LogP contribution in [0.15, 0.2) is 41.0 Å². The third kappa shape index (κ3) is 2.89. The van der Waals surface area contributed by atoms with Gasteiger partial charge in [-0.1, -0.05) is 6.07 Å². The maximum absolute atomic E-state index is 9.35. The topological polar surface area (TPSA) is 55.4 Å². The van der Waals surface area contributed by atoms with Gasteiger partial charge in [0.05, 0.1) is 32.5 Å². The zero-order chi connectivity index (χ0) is 13.7. The lowest BCUT2D eigenvalue weighted by molar-refractivity contribution is 0.389. The van der Waals surface area contributed by atoms with Gasteiger partial charge in [0.25, 0.3) is 0 Å². The number of nitriles is 1. The van der Waals surface area contributed by atoms with Crippen molar-refractivity contribution in [3.05, 3.63) is 47.9 Å². The predicted octanol–water partition coefficient (Wildman–Crippen LogP) is 3.15. The van der Waals surface area contributed by atoms with E-state index in [2.05, 4.69) is 6.07 Å². The first-order valence-electron chi connectivity index (χ1n) is 5.92. The Kier molecular flexibility index (Phi) is 4.09. The zero-order valence-electron chi connectivity index (χ0n) is 10.9. The van der Waals surface area contributed by atoms with E-state index < -0.39 is 0 Å². The highest BCUT2D eigenvalue weighted by Crippen LogP contribution is 2.32. The molecule has 0 saturated carbocycles. The average Bonchev–Trinajstić information content (AvgIpc) is 2.97. The Morgan fingerprint density at radius 3 is 2.68 bits per heavy atom. The van der Waals surface area contributed by atoms with Crippen molar-refractivity contribution < 1.29 is 13.9 Å². The van der Waals surface area contributed by atoms with Crippen LogP contribution in [-0.2, 0) is 6.42 Å². The van der Waals surface area contributed by atoms with Crippen LogP contribution in [0.4, 0.5) is 0 Å². The Labute approximate surface area is 112 Å². The van der Waals surface area contributed by atoms with Gasteiger partial charge in [-0.05, 0) is 18.2 Å². The van der Waals surface area contributed by atoms with Gasteiger partial charge in [0, 0.05) is 18.1 Å². The summed E-state index contributed by atoms with van der Waals surface area (Å²) in [6.07, 6.45) is 2.13. The number of nitrogens with zero attached hydrogens (tertiary/aromatic N) is 1. The van der Waals surface area contributed by atoms with E-state index in [0.717, 1.165) is 11.3 Å². The number of furan rings is 1. The predicted molar refractivity (Wildman–Crippen MR) is 70.3 cm³/mol. The van der Waals surface area contributed by atoms with Gasteiger partial charge in [-0.15, -0.1) is 0 Å². The van der Waals surface area contributed by atoms with Crippen molar-refractivity contribution in [2.24, 2.45) is 0 Å². The van der Waals surface area contributed by atoms with Crippen molar-refractivity contribution in [2.45, 2.75) is 12.3 Å². The summed E-state index contributed by atoms with van der Waals surface area (Å²) in [5.74, 6) is 1.82. The Morgan fingerprint density at radius 1 is 1.26 bits per heavy atom. The molecular formula is C15H15NO3. The van der Waals surface area contributed by atoms with E-state index in [0.29, 0.717) is 17.9 Å². The van der Waals surface area contributed by atoms with Crippen LogP contribution in [0, 0.1) is 11.3 Å². The molecule has 0 aliphatic carbocycles. The minimum Gasteiger partial charge on any atom is -0.497 e. The van der Waals surface area contributed by atoms with Gasteiger partial charge in [0.1, 0.15) is 17.3 Å². The van der Waals surface area contributed by atoms with Crippen LogP contribution in [0.1, 0.15) is 17.2 Å². The third-order valence-electron chi connectivity index (χ3n) is 2.96. The number of rotatable bonds is 5. The van der Waals surface area contributed by atoms with Gasteiger partial charge in [0.2, 0.25) is 0 Å². The lowest BCUT2D eigenvalue weighted by atomic mass is 9.95. The van der Waals surface area contributed by atoms with E-state index in [1.54, 1.807) is 26.5 Å². The maximum Gasteiger partial charge on any atom is 0.127 e. The Bertz CT molecular complexity index is 570. The molecule has 0 amide bonds. The molecule has 19 heavy (non-hydrogen) atoms. The quantitative estimate of drug-likeness (QED) is 0.825. The molecule has 1 heterocycles. The van der Waals surface area contributed by atoms with E-state index in [-0.39, 0.29) is 5.92 Å². The van der Waals surface area contributed by atoms with Crippen LogP contribution in [0.2, 0.25) is 0 Å². The summed E-state index contributed by atoms with van der Waals surface area (Å²) in [7, 11) is 3.18. The first kappa shape index (κ1) is 13.0. The molecule has 1 aromatic heterocycles. The minimum atomic E-state index is -0.313. The highest BCUT2D eigenvalue weighted by molar-refractivity contribution is 5.45. The largest absolute Gasteiger partial charge is 0.497 e. The fourth-order valence-electron chi connectivity index (χ4n) is 1.96. The number of hydrogen-bond acceptors (Lipinski definition) is 4. The Hall–Kier alpha value is -2.41. The first-order valence-corrected chi connectivity index (χ1v) is 5.92. The normalized spacial score (nSPS) is 11.6. The summed E-state index contributed by atoms with van der Waals surface area (Å²) in [4.78, 5) is 0. The standard InChI is InChI=1S/C15H15NO3/c1-17-12-5-6-14(15(9-12)18-2)11(10-16)8-13-4-3-7-19-13/h3-7,9,11H,8H2,1-2H3. The molecule has 0 fully saturated rings. The molecule has 0 N–H and O–H groups in total. The summed E-state index contributed by atoms with van der Waals surface area (Å²) < 4.78 is 15.8. The van der Waals surface area contributed by atoms with E-state index >= 15 is 0 Å². The van der Waals surface area contributed by atoms with Crippen LogP contribution in [0.5, 0.6) is 11.5 Å². The second-order valence-electron chi connectivity index (χ2n) is 4.07. The van der Waals surface area contributed by atoms with Gasteiger partial charge < -0.3 is 13.9 Å². The van der Waals surface area contributed by atoms with Crippen molar-refractivity contribution in [1.29, 1.82) is 5.26 Å². The maximum atomic E-state index is 9.35. The van der Waals surface area contributed by atoms with Crippen molar-refractivity contribution >= 4 is 0 Å². The SMILES string of the molecule is COc1ccc(C(C#N)Cc2ccco2)c(OC)c1. The van der Waals surface area contributed by atoms with Crippen molar-refractivity contribution in [3.63, 3.8) is 0 Å². The second-order valence-corrected chi connectivity index (χ2v) is 4.07. The van der Waals surface area contributed by atoms with Crippen LogP contribution >= 0.6 is 0 Å². The summed E-state index contributed by atoms with van der Waals surface area (Å²) in [5, 5.41) is 9.35. The van der Waals surface area contributed by atoms with E-state index in [9.17, 15) is 5.26 Å². The molecule has 0 radical (unpaired) electrons. The zero-order valence-corrected chi connectivity index (χ0v) is 10.9. The van der Waals surface area contributed by atoms with Crippen LogP contribution in [-0.4, -0.2) is 14.2 Å². The molecule has 0 aliphatic rings. The van der Waals surface area contributed by atoms with Crippen molar-refractivity contribution in [1.82, 2.24) is 0 Å². The molecule has 0 aliphatic heterocycles. The molecule has 4 heteroatoms. The number of benzene rings is 1. The van der Waals surface area contributed by atoms with Gasteiger partial charge >= 0.3 is 0 Å². The number of hydrogen-bond donors (Lipinski definition) is 0. The van der Waals surface area contributed by atoms with E-state index in [1.807, 2.05) is 24.3 Å². The molecule has 0 saturated heterocycles. The second kappa shape index (κ2) is 5.96. The lowest BCUT2D eigenvalue weighted by Crippen LogP contribution is -2.03. The van der Waals surface area contributed by atoms with Crippen molar-refractivity contribution in [2.75, 3.05) is 14.2 Å². The molecule has 2 aromatic rings. The van der Waals surface area contributed by atoms with Crippen LogP contribution in [0.25, 0.3) is 0 Å². The summed E-state index contributed by atoms with van der Waals surface area (Å²) in [6, 6.07) is 11.4. The lowest BCUT2D eigenvalue weighted by Gasteiger charge is -2.13. The molecular weight excluding hydrogens is 242 g/mol. The van der Waals surface area contributed by atoms with E-state index in [4.69, 9.17) is 13.9 Å². The molecule has 98 valence electrons. The summed E-state index contributed by atoms with van der Waals surface area (Å²) in [6.45, 7) is 0. The summed E-state index contributed by atoms with van der Waals surface area (Å²) >= 11 is 0. The molecule has 0 spiro atoms. The fourth-order valence-corrected chi connectivity index (χ4v) is 1.96. The number of ether oxygens (including phenoxy) is 2. The third-order valence-corrected chi connectivity index (χ3v) is 2.96. The monoisotopic (exact) mass is 257 g/mol. The average molecular weight is 257 g/mol. The van der Waals surface area contributed by atoms with Gasteiger partial charge in [-0.2, -0.15) is 5.26 Å². The highest BCUT2D eigenvalue weighted by Gasteiger charge is 2.18. The molecule has 1 aromatic carbocycles. The molecule has 0 bridgehead atoms. The van der Waals surface area contributed by atoms with Crippen LogP contribution < -0.4 is 9.47 Å². The van der Waals surface area contributed by atoms with E-state index in [1.165, 1.54) is 0 Å². The van der Waals surface area contributed by atoms with Gasteiger partial charge in [0.15, 0.2) is 0 Å². The smallest absolute Gasteiger partial charge is 0.127 e. The van der Waals surface area contributed by atoms with Crippen molar-refractivity contribution in [3.8, 4) is 17.6 Å². The van der Waals surface area contributed by atoms with Crippen LogP contribution in [0.3, 0.4) is 0 Å². The summed E-state index contributed by atoms with van der Waals surface area (Å²) in [5.41, 5.74) is 0.835.